The number of carbonyl (C=O) groups excluding carboxylic acids is 2. The van der Waals surface area contributed by atoms with E-state index in [9.17, 15) is 14.7 Å². The number of benzene rings is 2. The van der Waals surface area contributed by atoms with Gasteiger partial charge in [0, 0.05) is 24.7 Å². The highest BCUT2D eigenvalue weighted by atomic mass is 35.5. The van der Waals surface area contributed by atoms with Gasteiger partial charge in [-0.1, -0.05) is 36.7 Å². The van der Waals surface area contributed by atoms with Crippen molar-refractivity contribution < 1.29 is 19.4 Å². The van der Waals surface area contributed by atoms with E-state index in [1.165, 1.54) is 0 Å². The molecule has 0 saturated carbocycles. The molecule has 2 amide bonds. The number of aliphatic hydroxyl groups excluding tert-OH is 1. The van der Waals surface area contributed by atoms with Crippen LogP contribution in [0.1, 0.15) is 18.9 Å². The lowest BCUT2D eigenvalue weighted by Gasteiger charge is -2.20. The Kier molecular flexibility index (Phi) is 6.56. The predicted molar refractivity (Wildman–Crippen MR) is 113 cm³/mol. The highest BCUT2D eigenvalue weighted by molar-refractivity contribution is 6.45. The Labute approximate surface area is 174 Å². The molecule has 1 aliphatic rings. The van der Waals surface area contributed by atoms with Crippen molar-refractivity contribution in [2.24, 2.45) is 0 Å². The number of hydrogen-bond donors (Lipinski definition) is 1. The molecule has 0 atom stereocenters. The summed E-state index contributed by atoms with van der Waals surface area (Å²) in [4.78, 5) is 29.3. The van der Waals surface area contributed by atoms with Crippen LogP contribution in [0.4, 0.5) is 5.69 Å². The van der Waals surface area contributed by atoms with E-state index in [4.69, 9.17) is 16.3 Å². The molecule has 0 bridgehead atoms. The lowest BCUT2D eigenvalue weighted by atomic mass is 10.0. The first-order valence-corrected chi connectivity index (χ1v) is 9.79. The van der Waals surface area contributed by atoms with E-state index in [0.29, 0.717) is 28.6 Å². The van der Waals surface area contributed by atoms with Crippen molar-refractivity contribution in [3.8, 4) is 5.75 Å². The highest BCUT2D eigenvalue weighted by Crippen LogP contribution is 2.35. The molecule has 6 nitrogen and oxygen atoms in total. The van der Waals surface area contributed by atoms with Crippen molar-refractivity contribution in [3.05, 3.63) is 64.8 Å². The van der Waals surface area contributed by atoms with E-state index in [2.05, 4.69) is 0 Å². The summed E-state index contributed by atoms with van der Waals surface area (Å²) >= 11 is 5.98. The average Bonchev–Trinajstić information content (AvgIpc) is 2.97. The number of halogens is 1. The molecule has 29 heavy (non-hydrogen) atoms. The molecule has 0 unspecified atom stereocenters. The molecule has 3 rings (SSSR count). The van der Waals surface area contributed by atoms with E-state index in [-0.39, 0.29) is 24.4 Å². The number of likely N-dealkylation sites (N-methyl/N-ethyl adjacent to an activating group) is 1. The summed E-state index contributed by atoms with van der Waals surface area (Å²) in [6, 6.07) is 13.7. The third-order valence-corrected chi connectivity index (χ3v) is 4.81. The number of anilines is 1. The number of hydrogen-bond acceptors (Lipinski definition) is 5. The second-order valence-corrected chi connectivity index (χ2v) is 7.10. The Morgan fingerprint density at radius 3 is 2.48 bits per heavy atom. The van der Waals surface area contributed by atoms with Crippen molar-refractivity contribution in [2.45, 2.75) is 13.3 Å². The molecule has 2 aromatic carbocycles. The minimum Gasteiger partial charge on any atom is -0.494 e. The number of carbonyl (C=O) groups is 2. The fourth-order valence-electron chi connectivity index (χ4n) is 3.18. The van der Waals surface area contributed by atoms with Crippen LogP contribution in [0.5, 0.6) is 5.75 Å². The molecule has 7 heteroatoms. The van der Waals surface area contributed by atoms with Crippen LogP contribution < -0.4 is 9.64 Å². The van der Waals surface area contributed by atoms with E-state index < -0.39 is 11.8 Å². The van der Waals surface area contributed by atoms with Crippen molar-refractivity contribution in [3.63, 3.8) is 0 Å². The third kappa shape index (κ3) is 4.28. The lowest BCUT2D eigenvalue weighted by molar-refractivity contribution is -0.120. The van der Waals surface area contributed by atoms with Crippen molar-refractivity contribution in [2.75, 3.05) is 31.7 Å². The van der Waals surface area contributed by atoms with Gasteiger partial charge in [-0.15, -0.1) is 0 Å². The van der Waals surface area contributed by atoms with Gasteiger partial charge in [-0.3, -0.25) is 9.59 Å². The number of aliphatic hydroxyl groups is 1. The zero-order valence-electron chi connectivity index (χ0n) is 16.4. The lowest BCUT2D eigenvalue weighted by Crippen LogP contribution is -2.34. The Morgan fingerprint density at radius 2 is 1.83 bits per heavy atom. The number of ether oxygens (including phenoxy) is 1. The second kappa shape index (κ2) is 9.11. The standard InChI is InChI=1S/C22H23ClN2O4/c1-3-13-29-18-6-4-5-17(14-18)25-21(27)19(15-7-9-16(23)10-8-15)20(22(25)28)24(2)11-12-26/h4-10,14,26H,3,11-13H2,1-2H3. The van der Waals surface area contributed by atoms with E-state index in [0.717, 1.165) is 11.3 Å². The fourth-order valence-corrected chi connectivity index (χ4v) is 3.30. The normalized spacial score (nSPS) is 14.0. The van der Waals surface area contributed by atoms with Crippen LogP contribution in [0.2, 0.25) is 5.02 Å². The predicted octanol–water partition coefficient (Wildman–Crippen LogP) is 3.34. The quantitative estimate of drug-likeness (QED) is 0.671. The first-order chi connectivity index (χ1) is 14.0. The molecule has 0 aliphatic carbocycles. The number of imide groups is 1. The summed E-state index contributed by atoms with van der Waals surface area (Å²) in [5, 5.41) is 9.87. The molecule has 1 heterocycles. The molecule has 1 N–H and O–H groups in total. The summed E-state index contributed by atoms with van der Waals surface area (Å²) < 4.78 is 5.64. The molecule has 0 fully saturated rings. The third-order valence-electron chi connectivity index (χ3n) is 4.56. The number of amides is 2. The largest absolute Gasteiger partial charge is 0.494 e. The van der Waals surface area contributed by atoms with Crippen molar-refractivity contribution in [1.29, 1.82) is 0 Å². The van der Waals surface area contributed by atoms with Gasteiger partial charge in [0.15, 0.2) is 0 Å². The fraction of sp³-hybridized carbons (Fsp3) is 0.273. The maximum atomic E-state index is 13.3. The Morgan fingerprint density at radius 1 is 1.10 bits per heavy atom. The van der Waals surface area contributed by atoms with Crippen LogP contribution in [0.3, 0.4) is 0 Å². The molecule has 0 aromatic heterocycles. The van der Waals surface area contributed by atoms with Gasteiger partial charge in [-0.2, -0.15) is 0 Å². The van der Waals surface area contributed by atoms with Gasteiger partial charge >= 0.3 is 0 Å². The van der Waals surface area contributed by atoms with Gasteiger partial charge in [-0.05, 0) is 36.2 Å². The van der Waals surface area contributed by atoms with Crippen LogP contribution in [-0.4, -0.2) is 48.6 Å². The van der Waals surface area contributed by atoms with E-state index in [1.54, 1.807) is 60.5 Å². The number of rotatable bonds is 8. The molecule has 0 radical (unpaired) electrons. The topological polar surface area (TPSA) is 70.1 Å². The van der Waals surface area contributed by atoms with Crippen LogP contribution >= 0.6 is 11.6 Å². The van der Waals surface area contributed by atoms with Gasteiger partial charge < -0.3 is 14.7 Å². The molecule has 0 spiro atoms. The van der Waals surface area contributed by atoms with E-state index >= 15 is 0 Å². The first-order valence-electron chi connectivity index (χ1n) is 9.41. The monoisotopic (exact) mass is 414 g/mol. The first kappa shape index (κ1) is 20.9. The van der Waals surface area contributed by atoms with Crippen LogP contribution in [0.15, 0.2) is 54.2 Å². The van der Waals surface area contributed by atoms with Crippen molar-refractivity contribution >= 4 is 34.7 Å². The van der Waals surface area contributed by atoms with Crippen LogP contribution in [-0.2, 0) is 9.59 Å². The Bertz CT molecular complexity index is 940. The van der Waals surface area contributed by atoms with Gasteiger partial charge in [0.1, 0.15) is 11.4 Å². The Balaban J connectivity index is 2.04. The molecule has 152 valence electrons. The molecular weight excluding hydrogens is 392 g/mol. The van der Waals surface area contributed by atoms with Gasteiger partial charge in [0.05, 0.1) is 24.5 Å². The maximum absolute atomic E-state index is 13.3. The smallest absolute Gasteiger partial charge is 0.282 e. The zero-order chi connectivity index (χ0) is 21.0. The maximum Gasteiger partial charge on any atom is 0.282 e. The zero-order valence-corrected chi connectivity index (χ0v) is 17.1. The van der Waals surface area contributed by atoms with Crippen molar-refractivity contribution in [1.82, 2.24) is 4.90 Å². The summed E-state index contributed by atoms with van der Waals surface area (Å²) in [5.41, 5.74) is 1.55. The van der Waals surface area contributed by atoms with Crippen LogP contribution in [0.25, 0.3) is 5.57 Å². The van der Waals surface area contributed by atoms with Gasteiger partial charge in [0.2, 0.25) is 0 Å². The van der Waals surface area contributed by atoms with Crippen LogP contribution in [0, 0.1) is 0 Å². The van der Waals surface area contributed by atoms with E-state index in [1.807, 2.05) is 6.92 Å². The minimum absolute atomic E-state index is 0.143. The molecular formula is C22H23ClN2O4. The number of nitrogens with zero attached hydrogens (tertiary/aromatic N) is 2. The molecule has 0 saturated heterocycles. The molecule has 2 aromatic rings. The second-order valence-electron chi connectivity index (χ2n) is 6.67. The molecule has 1 aliphatic heterocycles. The Hall–Kier alpha value is -2.83. The van der Waals surface area contributed by atoms with Gasteiger partial charge in [0.25, 0.3) is 11.8 Å². The van der Waals surface area contributed by atoms with Gasteiger partial charge in [-0.25, -0.2) is 4.90 Å². The average molecular weight is 415 g/mol. The summed E-state index contributed by atoms with van der Waals surface area (Å²) in [5.74, 6) is -0.275. The summed E-state index contributed by atoms with van der Waals surface area (Å²) in [6.45, 7) is 2.63. The summed E-state index contributed by atoms with van der Waals surface area (Å²) in [6.07, 6.45) is 0.851. The SMILES string of the molecule is CCCOc1cccc(N2C(=O)C(c3ccc(Cl)cc3)=C(N(C)CCO)C2=O)c1. The summed E-state index contributed by atoms with van der Waals surface area (Å²) in [7, 11) is 1.68. The minimum atomic E-state index is -0.441. The highest BCUT2D eigenvalue weighted by Gasteiger charge is 2.41.